The maximum absolute atomic E-state index is 2.34. The van der Waals surface area contributed by atoms with Crippen molar-refractivity contribution in [2.24, 2.45) is 0 Å². The number of rotatable bonds is 3. The lowest BCUT2D eigenvalue weighted by atomic mass is 10.1. The highest BCUT2D eigenvalue weighted by atomic mass is 32.1. The molecule has 0 saturated heterocycles. The highest BCUT2D eigenvalue weighted by molar-refractivity contribution is 7.14. The molecule has 2 heterocycles. The van der Waals surface area contributed by atoms with E-state index in [1.807, 2.05) is 22.7 Å². The van der Waals surface area contributed by atoms with E-state index in [0.29, 0.717) is 0 Å². The first-order chi connectivity index (χ1) is 7.74. The molecule has 0 saturated carbocycles. The number of allylic oxidation sites excluding steroid dienone is 1. The van der Waals surface area contributed by atoms with E-state index in [-0.39, 0.29) is 0 Å². The van der Waals surface area contributed by atoms with Crippen molar-refractivity contribution in [3.05, 3.63) is 49.9 Å². The van der Waals surface area contributed by atoms with Gasteiger partial charge in [0.05, 0.1) is 0 Å². The van der Waals surface area contributed by atoms with E-state index in [1.54, 1.807) is 0 Å². The van der Waals surface area contributed by atoms with E-state index in [0.717, 1.165) is 6.42 Å². The summed E-state index contributed by atoms with van der Waals surface area (Å²) in [4.78, 5) is 2.85. The van der Waals surface area contributed by atoms with E-state index < -0.39 is 0 Å². The van der Waals surface area contributed by atoms with Crippen LogP contribution in [0.5, 0.6) is 0 Å². The Bertz CT molecular complexity index is 458. The minimum Gasteiger partial charge on any atom is -0.144 e. The maximum atomic E-state index is 2.34. The Morgan fingerprint density at radius 2 is 1.56 bits per heavy atom. The van der Waals surface area contributed by atoms with Crippen LogP contribution in [-0.2, 0) is 0 Å². The van der Waals surface area contributed by atoms with Crippen LogP contribution in [0.15, 0.2) is 29.0 Å². The lowest BCUT2D eigenvalue weighted by Crippen LogP contribution is -1.86. The standard InChI is InChI=1S/C14H16S2/c1-4-5-12(13-10(2)6-8-15-13)14-11(3)7-9-16-14/h5-9H,4H2,1-3H3. The highest BCUT2D eigenvalue weighted by Crippen LogP contribution is 2.35. The molecule has 2 aromatic rings. The van der Waals surface area contributed by atoms with Gasteiger partial charge in [-0.05, 0) is 54.3 Å². The average Bonchev–Trinajstić information content (AvgIpc) is 2.84. The molecule has 0 aliphatic carbocycles. The first-order valence-electron chi connectivity index (χ1n) is 5.53. The molecule has 0 aromatic carbocycles. The Morgan fingerprint density at radius 3 is 1.88 bits per heavy atom. The third-order valence-corrected chi connectivity index (χ3v) is 4.72. The molecule has 16 heavy (non-hydrogen) atoms. The molecular formula is C14H16S2. The normalized spacial score (nSPS) is 10.4. The van der Waals surface area contributed by atoms with E-state index in [4.69, 9.17) is 0 Å². The fraction of sp³-hybridized carbons (Fsp3) is 0.286. The molecule has 0 N–H and O–H groups in total. The van der Waals surface area contributed by atoms with Crippen LogP contribution >= 0.6 is 22.7 Å². The summed E-state index contributed by atoms with van der Waals surface area (Å²) >= 11 is 3.69. The van der Waals surface area contributed by atoms with Crippen LogP contribution in [0.4, 0.5) is 0 Å². The van der Waals surface area contributed by atoms with Gasteiger partial charge >= 0.3 is 0 Å². The molecule has 0 radical (unpaired) electrons. The minimum absolute atomic E-state index is 1.09. The first kappa shape index (κ1) is 11.6. The lowest BCUT2D eigenvalue weighted by molar-refractivity contribution is 1.22. The molecule has 0 aliphatic rings. The summed E-state index contributed by atoms with van der Waals surface area (Å²) in [5, 5.41) is 4.36. The number of thiophene rings is 2. The quantitative estimate of drug-likeness (QED) is 0.694. The van der Waals surface area contributed by atoms with Gasteiger partial charge in [-0.3, -0.25) is 0 Å². The van der Waals surface area contributed by atoms with Crippen molar-refractivity contribution < 1.29 is 0 Å². The van der Waals surface area contributed by atoms with Crippen molar-refractivity contribution in [1.29, 1.82) is 0 Å². The second kappa shape index (κ2) is 4.98. The fourth-order valence-corrected chi connectivity index (χ4v) is 3.80. The van der Waals surface area contributed by atoms with E-state index in [1.165, 1.54) is 26.5 Å². The van der Waals surface area contributed by atoms with Crippen molar-refractivity contribution in [1.82, 2.24) is 0 Å². The van der Waals surface area contributed by atoms with Gasteiger partial charge in [-0.15, -0.1) is 22.7 Å². The van der Waals surface area contributed by atoms with Gasteiger partial charge in [-0.2, -0.15) is 0 Å². The van der Waals surface area contributed by atoms with E-state index in [9.17, 15) is 0 Å². The monoisotopic (exact) mass is 248 g/mol. The van der Waals surface area contributed by atoms with Crippen molar-refractivity contribution in [3.8, 4) is 0 Å². The molecule has 0 bridgehead atoms. The lowest BCUT2D eigenvalue weighted by Gasteiger charge is -2.06. The van der Waals surface area contributed by atoms with Crippen molar-refractivity contribution in [2.45, 2.75) is 27.2 Å². The first-order valence-corrected chi connectivity index (χ1v) is 7.29. The van der Waals surface area contributed by atoms with Crippen LogP contribution < -0.4 is 0 Å². The highest BCUT2D eigenvalue weighted by Gasteiger charge is 2.11. The zero-order valence-corrected chi connectivity index (χ0v) is 11.5. The second-order valence-electron chi connectivity index (χ2n) is 3.89. The van der Waals surface area contributed by atoms with Gasteiger partial charge < -0.3 is 0 Å². The number of hydrogen-bond acceptors (Lipinski definition) is 2. The third-order valence-electron chi connectivity index (χ3n) is 2.62. The number of hydrogen-bond donors (Lipinski definition) is 0. The average molecular weight is 248 g/mol. The molecule has 0 amide bonds. The SMILES string of the molecule is CCC=C(c1sccc1C)c1sccc1C. The summed E-state index contributed by atoms with van der Waals surface area (Å²) in [5.74, 6) is 0. The summed E-state index contributed by atoms with van der Waals surface area (Å²) < 4.78 is 0. The molecule has 2 rings (SSSR count). The van der Waals surface area contributed by atoms with Gasteiger partial charge in [0, 0.05) is 15.3 Å². The van der Waals surface area contributed by atoms with Crippen LogP contribution in [0.1, 0.15) is 34.2 Å². The predicted molar refractivity (Wildman–Crippen MR) is 75.5 cm³/mol. The van der Waals surface area contributed by atoms with Gasteiger partial charge in [0.1, 0.15) is 0 Å². The molecule has 0 aliphatic heterocycles. The largest absolute Gasteiger partial charge is 0.144 e. The van der Waals surface area contributed by atoms with Crippen molar-refractivity contribution in [2.75, 3.05) is 0 Å². The van der Waals surface area contributed by atoms with Crippen LogP contribution in [0.2, 0.25) is 0 Å². The van der Waals surface area contributed by atoms with Crippen molar-refractivity contribution >= 4 is 28.2 Å². The Kier molecular flexibility index (Phi) is 3.62. The smallest absolute Gasteiger partial charge is 0.0382 e. The van der Waals surface area contributed by atoms with Gasteiger partial charge in [0.15, 0.2) is 0 Å². The zero-order valence-electron chi connectivity index (χ0n) is 9.91. The molecule has 0 spiro atoms. The maximum Gasteiger partial charge on any atom is 0.0382 e. The summed E-state index contributed by atoms with van der Waals surface area (Å²) in [5.41, 5.74) is 4.19. The zero-order chi connectivity index (χ0) is 11.5. The van der Waals surface area contributed by atoms with Crippen LogP contribution in [0.25, 0.3) is 5.57 Å². The summed E-state index contributed by atoms with van der Waals surface area (Å²) in [6, 6.07) is 4.40. The molecular weight excluding hydrogens is 232 g/mol. The number of aryl methyl sites for hydroxylation is 2. The Labute approximate surface area is 105 Å². The van der Waals surface area contributed by atoms with Gasteiger partial charge in [-0.1, -0.05) is 13.0 Å². The molecule has 2 aromatic heterocycles. The van der Waals surface area contributed by atoms with Crippen LogP contribution in [0.3, 0.4) is 0 Å². The van der Waals surface area contributed by atoms with Crippen molar-refractivity contribution in [3.63, 3.8) is 0 Å². The summed E-state index contributed by atoms with van der Waals surface area (Å²) in [7, 11) is 0. The molecule has 0 unspecified atom stereocenters. The van der Waals surface area contributed by atoms with E-state index >= 15 is 0 Å². The van der Waals surface area contributed by atoms with Crippen LogP contribution in [0, 0.1) is 13.8 Å². The topological polar surface area (TPSA) is 0 Å². The summed E-state index contributed by atoms with van der Waals surface area (Å²) in [6.07, 6.45) is 3.43. The van der Waals surface area contributed by atoms with Gasteiger partial charge in [0.2, 0.25) is 0 Å². The molecule has 0 fully saturated rings. The Balaban J connectivity index is 2.52. The third kappa shape index (κ3) is 2.13. The Hall–Kier alpha value is -0.860. The molecule has 0 atom stereocenters. The fourth-order valence-electron chi connectivity index (χ4n) is 1.79. The minimum atomic E-state index is 1.09. The second-order valence-corrected chi connectivity index (χ2v) is 5.72. The van der Waals surface area contributed by atoms with Gasteiger partial charge in [0.25, 0.3) is 0 Å². The molecule has 84 valence electrons. The molecule has 2 heteroatoms. The van der Waals surface area contributed by atoms with Crippen LogP contribution in [-0.4, -0.2) is 0 Å². The Morgan fingerprint density at radius 1 is 1.06 bits per heavy atom. The predicted octanol–water partition coefficient (Wildman–Crippen LogP) is 5.27. The van der Waals surface area contributed by atoms with E-state index in [2.05, 4.69) is 49.7 Å². The summed E-state index contributed by atoms with van der Waals surface area (Å²) in [6.45, 7) is 6.59. The molecule has 0 nitrogen and oxygen atoms in total. The van der Waals surface area contributed by atoms with Gasteiger partial charge in [-0.25, -0.2) is 0 Å².